The molecule has 0 bridgehead atoms. The van der Waals surface area contributed by atoms with Gasteiger partial charge in [-0.25, -0.2) is 0 Å². The highest BCUT2D eigenvalue weighted by molar-refractivity contribution is 7.17. The van der Waals surface area contributed by atoms with E-state index >= 15 is 0 Å². The van der Waals surface area contributed by atoms with Crippen molar-refractivity contribution in [1.29, 1.82) is 0 Å². The summed E-state index contributed by atoms with van der Waals surface area (Å²) in [6.45, 7) is 11.5. The average Bonchev–Trinajstić information content (AvgIpc) is 1.25. The average molecular weight is 143 g/mol. The van der Waals surface area contributed by atoms with Crippen LogP contribution in [0.3, 0.4) is 0 Å². The zero-order chi connectivity index (χ0) is 7.00. The highest BCUT2D eigenvalue weighted by Gasteiger charge is 2.17. The molecule has 0 spiro atoms. The Labute approximate surface area is 56.9 Å². The molecule has 8 heavy (non-hydrogen) atoms. The van der Waals surface area contributed by atoms with Crippen molar-refractivity contribution in [3.05, 3.63) is 0 Å². The summed E-state index contributed by atoms with van der Waals surface area (Å²) in [5.74, 6) is 0. The van der Waals surface area contributed by atoms with Crippen LogP contribution in [0.25, 0.3) is 0 Å². The van der Waals surface area contributed by atoms with Gasteiger partial charge in [-0.05, 0) is 0 Å². The van der Waals surface area contributed by atoms with E-state index in [2.05, 4.69) is 43.6 Å². The van der Waals surface area contributed by atoms with Crippen molar-refractivity contribution >= 4 is 17.4 Å². The molecule has 0 aromatic rings. The van der Waals surface area contributed by atoms with Crippen LogP contribution >= 0.6 is 0 Å². The molecule has 0 aromatic carbocycles. The number of hydrogen-bond acceptors (Lipinski definition) is 0. The van der Waals surface area contributed by atoms with Crippen LogP contribution in [0, 0.1) is 0 Å². The third kappa shape index (κ3) is 2.13. The molecule has 0 saturated carbocycles. The molecule has 0 aliphatic heterocycles. The van der Waals surface area contributed by atoms with Gasteiger partial charge in [-0.2, -0.15) is 7.59 Å². The van der Waals surface area contributed by atoms with E-state index in [1.807, 2.05) is 0 Å². The highest BCUT2D eigenvalue weighted by atomic mass is 29.2. The molecular formula is C6H15Si2-. The monoisotopic (exact) mass is 143 g/mol. The van der Waals surface area contributed by atoms with Crippen molar-refractivity contribution in [1.82, 2.24) is 0 Å². The molecule has 0 N–H and O–H groups in total. The lowest BCUT2D eigenvalue weighted by Gasteiger charge is -2.46. The lowest BCUT2D eigenvalue weighted by molar-refractivity contribution is 0.735. The lowest BCUT2D eigenvalue weighted by Crippen LogP contribution is -2.37. The zero-order valence-corrected chi connectivity index (χ0v) is 8.50. The van der Waals surface area contributed by atoms with E-state index in [1.165, 1.54) is 0 Å². The highest BCUT2D eigenvalue weighted by Crippen LogP contribution is 2.32. The molecular weight excluding hydrogens is 128 g/mol. The summed E-state index contributed by atoms with van der Waals surface area (Å²) in [7, 11) is 2.73. The second-order valence-corrected chi connectivity index (χ2v) is 12.4. The summed E-state index contributed by atoms with van der Waals surface area (Å²) in [6, 6.07) is 0. The molecule has 0 unspecified atom stereocenters. The van der Waals surface area contributed by atoms with Crippen LogP contribution in [-0.4, -0.2) is 17.4 Å². The molecule has 48 valence electrons. The lowest BCUT2D eigenvalue weighted by atomic mass is 10.2. The Morgan fingerprint density at radius 3 is 1.25 bits per heavy atom. The quantitative estimate of drug-likeness (QED) is 0.456. The Hall–Kier alpha value is 0.434. The summed E-state index contributed by atoms with van der Waals surface area (Å²) in [5, 5.41) is 0.490. The molecule has 0 aliphatic carbocycles. The maximum Gasteiger partial charge on any atom is -0.0655 e. The van der Waals surface area contributed by atoms with E-state index < -0.39 is 7.59 Å². The molecule has 0 aromatic heterocycles. The van der Waals surface area contributed by atoms with Gasteiger partial charge < -0.3 is 9.76 Å². The standard InChI is InChI=1S/C6H15Si2/c1-6(2,3)8(4,5)7/h1-5H3/q-1. The second-order valence-electron chi connectivity index (χ2n) is 3.88. The van der Waals surface area contributed by atoms with Crippen LogP contribution in [0.5, 0.6) is 0 Å². The summed E-state index contributed by atoms with van der Waals surface area (Å²) >= 11 is 0. The Morgan fingerprint density at radius 2 is 1.25 bits per heavy atom. The minimum Gasteiger partial charge on any atom is -0.671 e. The van der Waals surface area contributed by atoms with E-state index in [9.17, 15) is 0 Å². The van der Waals surface area contributed by atoms with Crippen LogP contribution in [0.1, 0.15) is 20.8 Å². The molecule has 0 rings (SSSR count). The normalized spacial score (nSPS) is 14.2. The predicted molar refractivity (Wildman–Crippen MR) is 43.0 cm³/mol. The molecule has 0 aliphatic rings. The number of hydrogen-bond donors (Lipinski definition) is 0. The topological polar surface area (TPSA) is 0 Å². The van der Waals surface area contributed by atoms with Crippen LogP contribution in [0.4, 0.5) is 0 Å². The Kier molecular flexibility index (Phi) is 2.10. The minimum absolute atomic E-state index is 0.490. The Bertz CT molecular complexity index is 61.5. The van der Waals surface area contributed by atoms with Gasteiger partial charge in [-0.1, -0.05) is 25.8 Å². The van der Waals surface area contributed by atoms with E-state index in [1.54, 1.807) is 0 Å². The molecule has 2 heteroatoms. The molecule has 0 heterocycles. The van der Waals surface area contributed by atoms with Crippen molar-refractivity contribution in [2.75, 3.05) is 0 Å². The van der Waals surface area contributed by atoms with Gasteiger partial charge in [0.25, 0.3) is 0 Å². The molecule has 0 amide bonds. The maximum absolute atomic E-state index is 3.79. The fourth-order valence-electron chi connectivity index (χ4n) is 0. The zero-order valence-electron chi connectivity index (χ0n) is 6.50. The van der Waals surface area contributed by atoms with Gasteiger partial charge in [-0.3, -0.25) is 0 Å². The summed E-state index contributed by atoms with van der Waals surface area (Å²) in [5.41, 5.74) is 0. The smallest absolute Gasteiger partial charge is 0.0655 e. The van der Waals surface area contributed by atoms with E-state index in [4.69, 9.17) is 0 Å². The largest absolute Gasteiger partial charge is 0.671 e. The summed E-state index contributed by atoms with van der Waals surface area (Å²) < 4.78 is 0. The molecule has 0 saturated heterocycles. The first-order valence-corrected chi connectivity index (χ1v) is 7.50. The van der Waals surface area contributed by atoms with Crippen LogP contribution in [0.2, 0.25) is 18.1 Å². The van der Waals surface area contributed by atoms with Crippen molar-refractivity contribution in [3.8, 4) is 0 Å². The molecule has 2 radical (unpaired) electrons. The van der Waals surface area contributed by atoms with Crippen molar-refractivity contribution in [3.63, 3.8) is 0 Å². The van der Waals surface area contributed by atoms with E-state index in [0.29, 0.717) is 5.04 Å². The fraction of sp³-hybridized carbons (Fsp3) is 1.00. The van der Waals surface area contributed by atoms with Crippen molar-refractivity contribution < 1.29 is 0 Å². The van der Waals surface area contributed by atoms with Crippen molar-refractivity contribution in [2.24, 2.45) is 0 Å². The first-order valence-electron chi connectivity index (χ1n) is 3.00. The van der Waals surface area contributed by atoms with Crippen LogP contribution in [-0.2, 0) is 0 Å². The molecule has 0 nitrogen and oxygen atoms in total. The molecule has 0 fully saturated rings. The van der Waals surface area contributed by atoms with Gasteiger partial charge >= 0.3 is 0 Å². The fourth-order valence-corrected chi connectivity index (χ4v) is 0. The SMILES string of the molecule is CC(C)(C)[Si](C)(C)[Si-]. The van der Waals surface area contributed by atoms with E-state index in [0.717, 1.165) is 0 Å². The summed E-state index contributed by atoms with van der Waals surface area (Å²) in [4.78, 5) is 0. The summed E-state index contributed by atoms with van der Waals surface area (Å²) in [6.07, 6.45) is 0. The maximum atomic E-state index is 3.79. The van der Waals surface area contributed by atoms with Crippen LogP contribution < -0.4 is 0 Å². The van der Waals surface area contributed by atoms with Crippen molar-refractivity contribution in [2.45, 2.75) is 38.9 Å². The predicted octanol–water partition coefficient (Wildman–Crippen LogP) is 2.16. The van der Waals surface area contributed by atoms with Gasteiger partial charge in [0.1, 0.15) is 0 Å². The van der Waals surface area contributed by atoms with E-state index in [-0.39, 0.29) is 0 Å². The number of rotatable bonds is 0. The Morgan fingerprint density at radius 1 is 1.12 bits per heavy atom. The molecule has 0 atom stereocenters. The van der Waals surface area contributed by atoms with Gasteiger partial charge in [0.2, 0.25) is 0 Å². The Balaban J connectivity index is 4.02. The second kappa shape index (κ2) is 1.99. The van der Waals surface area contributed by atoms with Gasteiger partial charge in [0.05, 0.1) is 0 Å². The van der Waals surface area contributed by atoms with Crippen LogP contribution in [0.15, 0.2) is 0 Å². The first kappa shape index (κ1) is 8.43. The van der Waals surface area contributed by atoms with Gasteiger partial charge in [-0.15, -0.1) is 13.1 Å². The van der Waals surface area contributed by atoms with Gasteiger partial charge in [0, 0.05) is 0 Å². The van der Waals surface area contributed by atoms with Gasteiger partial charge in [0.15, 0.2) is 0 Å². The third-order valence-corrected chi connectivity index (χ3v) is 7.88. The first-order chi connectivity index (χ1) is 3.25. The third-order valence-electron chi connectivity index (χ3n) is 1.88. The minimum atomic E-state index is -1.05.